The Hall–Kier alpha value is -1.18. The molecule has 0 spiro atoms. The number of pyridine rings is 1. The van der Waals surface area contributed by atoms with E-state index >= 15 is 0 Å². The highest BCUT2D eigenvalue weighted by molar-refractivity contribution is 9.10. The molecule has 2 rings (SSSR count). The number of nitrogen functional groups attached to an aromatic ring is 1. The molecule has 0 aromatic carbocycles. The van der Waals surface area contributed by atoms with E-state index in [0.29, 0.717) is 5.82 Å². The fourth-order valence-corrected chi connectivity index (χ4v) is 2.26. The van der Waals surface area contributed by atoms with Crippen molar-refractivity contribution >= 4 is 33.5 Å². The van der Waals surface area contributed by atoms with E-state index in [0.717, 1.165) is 14.5 Å². The van der Waals surface area contributed by atoms with Crippen molar-refractivity contribution < 1.29 is 0 Å². The Kier molecular flexibility index (Phi) is 3.70. The van der Waals surface area contributed by atoms with Gasteiger partial charge in [-0.25, -0.2) is 20.8 Å². The van der Waals surface area contributed by atoms with E-state index in [2.05, 4.69) is 36.3 Å². The maximum atomic E-state index is 5.27. The molecule has 7 heteroatoms. The molecule has 0 bridgehead atoms. The predicted octanol–water partition coefficient (Wildman–Crippen LogP) is 2.07. The van der Waals surface area contributed by atoms with Crippen LogP contribution < -0.4 is 11.3 Å². The Labute approximate surface area is 105 Å². The molecule has 82 valence electrons. The van der Waals surface area contributed by atoms with Gasteiger partial charge >= 0.3 is 0 Å². The van der Waals surface area contributed by atoms with E-state index in [1.165, 1.54) is 18.1 Å². The molecule has 0 aliphatic heterocycles. The smallest absolute Gasteiger partial charge is 0.144 e. The Balaban J connectivity index is 2.24. The maximum absolute atomic E-state index is 5.27. The largest absolute Gasteiger partial charge is 0.308 e. The number of halogens is 1. The first-order valence-electron chi connectivity index (χ1n) is 4.36. The SMILES string of the molecule is NNc1cc(Sc2ncccc2Br)ncn1. The summed E-state index contributed by atoms with van der Waals surface area (Å²) in [6.45, 7) is 0. The molecule has 0 saturated carbocycles. The average molecular weight is 298 g/mol. The summed E-state index contributed by atoms with van der Waals surface area (Å²) in [4.78, 5) is 12.3. The second kappa shape index (κ2) is 5.24. The lowest BCUT2D eigenvalue weighted by Gasteiger charge is -2.03. The van der Waals surface area contributed by atoms with Gasteiger partial charge in [0, 0.05) is 12.3 Å². The highest BCUT2D eigenvalue weighted by atomic mass is 79.9. The zero-order valence-electron chi connectivity index (χ0n) is 8.09. The fraction of sp³-hybridized carbons (Fsp3) is 0. The molecular formula is C9H8BrN5S. The molecule has 0 aliphatic rings. The lowest BCUT2D eigenvalue weighted by Crippen LogP contribution is -2.08. The van der Waals surface area contributed by atoms with Crippen LogP contribution in [0.4, 0.5) is 5.82 Å². The van der Waals surface area contributed by atoms with Crippen LogP contribution in [-0.4, -0.2) is 15.0 Å². The van der Waals surface area contributed by atoms with Gasteiger partial charge in [-0.05, 0) is 39.8 Å². The van der Waals surface area contributed by atoms with Crippen molar-refractivity contribution in [2.45, 2.75) is 10.1 Å². The molecule has 0 fully saturated rings. The van der Waals surface area contributed by atoms with Gasteiger partial charge in [-0.3, -0.25) is 0 Å². The molecule has 0 unspecified atom stereocenters. The number of nitrogens with one attached hydrogen (secondary N) is 1. The van der Waals surface area contributed by atoms with Crippen LogP contribution in [-0.2, 0) is 0 Å². The fourth-order valence-electron chi connectivity index (χ4n) is 1.02. The van der Waals surface area contributed by atoms with Crippen LogP contribution in [0.25, 0.3) is 0 Å². The first-order chi connectivity index (χ1) is 7.79. The molecule has 5 nitrogen and oxygen atoms in total. The van der Waals surface area contributed by atoms with Gasteiger partial charge in [0.05, 0.1) is 4.47 Å². The van der Waals surface area contributed by atoms with Gasteiger partial charge in [0.15, 0.2) is 0 Å². The minimum absolute atomic E-state index is 0.574. The van der Waals surface area contributed by atoms with E-state index in [-0.39, 0.29) is 0 Å². The van der Waals surface area contributed by atoms with Crippen molar-refractivity contribution in [1.29, 1.82) is 0 Å². The number of anilines is 1. The Bertz CT molecular complexity index is 493. The van der Waals surface area contributed by atoms with Gasteiger partial charge in [-0.15, -0.1) is 0 Å². The third-order valence-corrected chi connectivity index (χ3v) is 3.57. The topological polar surface area (TPSA) is 76.7 Å². The molecular weight excluding hydrogens is 290 g/mol. The first-order valence-corrected chi connectivity index (χ1v) is 5.97. The molecule has 0 aliphatic carbocycles. The predicted molar refractivity (Wildman–Crippen MR) is 65.9 cm³/mol. The van der Waals surface area contributed by atoms with Gasteiger partial charge in [0.25, 0.3) is 0 Å². The minimum atomic E-state index is 0.574. The third kappa shape index (κ3) is 2.69. The van der Waals surface area contributed by atoms with Gasteiger partial charge in [-0.1, -0.05) is 0 Å². The second-order valence-corrected chi connectivity index (χ2v) is 4.64. The summed E-state index contributed by atoms with van der Waals surface area (Å²) in [6.07, 6.45) is 3.19. The van der Waals surface area contributed by atoms with Crippen LogP contribution >= 0.6 is 27.7 Å². The monoisotopic (exact) mass is 297 g/mol. The van der Waals surface area contributed by atoms with E-state index in [9.17, 15) is 0 Å². The highest BCUT2D eigenvalue weighted by Crippen LogP contribution is 2.30. The normalized spacial score (nSPS) is 10.1. The van der Waals surface area contributed by atoms with Gasteiger partial charge in [0.2, 0.25) is 0 Å². The lowest BCUT2D eigenvalue weighted by molar-refractivity contribution is 1.03. The summed E-state index contributed by atoms with van der Waals surface area (Å²) in [5.74, 6) is 5.84. The second-order valence-electron chi connectivity index (χ2n) is 2.78. The number of nitrogens with two attached hydrogens (primary N) is 1. The molecule has 3 N–H and O–H groups in total. The summed E-state index contributed by atoms with van der Waals surface area (Å²) >= 11 is 4.86. The zero-order chi connectivity index (χ0) is 11.4. The van der Waals surface area contributed by atoms with Gasteiger partial charge < -0.3 is 5.43 Å². The van der Waals surface area contributed by atoms with Crippen molar-refractivity contribution in [2.75, 3.05) is 5.43 Å². The lowest BCUT2D eigenvalue weighted by atomic mass is 10.5. The van der Waals surface area contributed by atoms with E-state index < -0.39 is 0 Å². The summed E-state index contributed by atoms with van der Waals surface area (Å²) < 4.78 is 0.931. The Morgan fingerprint density at radius 1 is 1.31 bits per heavy atom. The van der Waals surface area contributed by atoms with Gasteiger partial charge in [-0.2, -0.15) is 0 Å². The number of hydrazine groups is 1. The zero-order valence-corrected chi connectivity index (χ0v) is 10.5. The molecule has 2 aromatic heterocycles. The molecule has 16 heavy (non-hydrogen) atoms. The summed E-state index contributed by atoms with van der Waals surface area (Å²) in [5.41, 5.74) is 2.47. The average Bonchev–Trinajstić information content (AvgIpc) is 2.32. The van der Waals surface area contributed by atoms with E-state index in [1.54, 1.807) is 12.3 Å². The van der Waals surface area contributed by atoms with Crippen LogP contribution in [0.3, 0.4) is 0 Å². The molecule has 0 atom stereocenters. The molecule has 0 radical (unpaired) electrons. The highest BCUT2D eigenvalue weighted by Gasteiger charge is 2.05. The molecule has 2 heterocycles. The summed E-state index contributed by atoms with van der Waals surface area (Å²) in [6, 6.07) is 5.55. The van der Waals surface area contributed by atoms with Crippen molar-refractivity contribution in [1.82, 2.24) is 15.0 Å². The summed E-state index contributed by atoms with van der Waals surface area (Å²) in [5, 5.41) is 1.63. The van der Waals surface area contributed by atoms with Crippen molar-refractivity contribution in [3.05, 3.63) is 35.2 Å². The van der Waals surface area contributed by atoms with Crippen molar-refractivity contribution in [3.63, 3.8) is 0 Å². The standard InChI is InChI=1S/C9H8BrN5S/c10-6-2-1-3-12-9(6)16-8-4-7(15-11)13-5-14-8/h1-5H,11H2,(H,13,14,15). The molecule has 2 aromatic rings. The van der Waals surface area contributed by atoms with Crippen LogP contribution in [0.15, 0.2) is 45.2 Å². The maximum Gasteiger partial charge on any atom is 0.144 e. The summed E-state index contributed by atoms with van der Waals surface area (Å²) in [7, 11) is 0. The minimum Gasteiger partial charge on any atom is -0.308 e. The van der Waals surface area contributed by atoms with Crippen LogP contribution in [0, 0.1) is 0 Å². The van der Waals surface area contributed by atoms with Crippen molar-refractivity contribution in [3.8, 4) is 0 Å². The number of aromatic nitrogens is 3. The number of hydrogen-bond acceptors (Lipinski definition) is 6. The molecule has 0 saturated heterocycles. The Morgan fingerprint density at radius 3 is 2.94 bits per heavy atom. The molecule has 0 amide bonds. The van der Waals surface area contributed by atoms with E-state index in [4.69, 9.17) is 5.84 Å². The number of nitrogens with zero attached hydrogens (tertiary/aromatic N) is 3. The van der Waals surface area contributed by atoms with E-state index in [1.807, 2.05) is 12.1 Å². The van der Waals surface area contributed by atoms with Crippen LogP contribution in [0.2, 0.25) is 0 Å². The Morgan fingerprint density at radius 2 is 2.19 bits per heavy atom. The quantitative estimate of drug-likeness (QED) is 0.513. The van der Waals surface area contributed by atoms with Crippen LogP contribution in [0.1, 0.15) is 0 Å². The number of hydrogen-bond donors (Lipinski definition) is 2. The van der Waals surface area contributed by atoms with Gasteiger partial charge in [0.1, 0.15) is 22.2 Å². The first kappa shape index (κ1) is 11.3. The van der Waals surface area contributed by atoms with Crippen LogP contribution in [0.5, 0.6) is 0 Å². The number of rotatable bonds is 3. The third-order valence-electron chi connectivity index (χ3n) is 1.72. The van der Waals surface area contributed by atoms with Crippen molar-refractivity contribution in [2.24, 2.45) is 5.84 Å².